The smallest absolute Gasteiger partial charge is 0.272 e. The molecule has 1 aromatic carbocycles. The number of piperidine rings is 1. The minimum Gasteiger partial charge on any atom is -0.349 e. The van der Waals surface area contributed by atoms with Gasteiger partial charge in [-0.15, -0.1) is 0 Å². The van der Waals surface area contributed by atoms with Crippen molar-refractivity contribution in [2.24, 2.45) is 18.9 Å². The maximum absolute atomic E-state index is 12.9. The second-order valence-electron chi connectivity index (χ2n) is 8.89. The summed E-state index contributed by atoms with van der Waals surface area (Å²) >= 11 is 0. The Bertz CT molecular complexity index is 1000. The summed E-state index contributed by atoms with van der Waals surface area (Å²) < 4.78 is 1.75. The van der Waals surface area contributed by atoms with Crippen molar-refractivity contribution in [2.75, 3.05) is 24.5 Å². The molecule has 0 radical (unpaired) electrons. The molecular formula is C23H27N5O3. The third-order valence-corrected chi connectivity index (χ3v) is 6.97. The van der Waals surface area contributed by atoms with Crippen molar-refractivity contribution >= 4 is 23.4 Å². The highest BCUT2D eigenvalue weighted by Crippen LogP contribution is 2.37. The monoisotopic (exact) mass is 421 g/mol. The fourth-order valence-corrected chi connectivity index (χ4v) is 5.30. The van der Waals surface area contributed by atoms with E-state index in [1.54, 1.807) is 34.1 Å². The number of nitrogens with one attached hydrogen (secondary N) is 1. The molecule has 5 rings (SSSR count). The first-order valence-corrected chi connectivity index (χ1v) is 11.0. The summed E-state index contributed by atoms with van der Waals surface area (Å²) in [6.07, 6.45) is 6.75. The molecule has 2 aromatic rings. The number of nitrogens with zero attached hydrogens (tertiary/aromatic N) is 4. The summed E-state index contributed by atoms with van der Waals surface area (Å²) in [5.41, 5.74) is 2.04. The number of aromatic nitrogens is 2. The summed E-state index contributed by atoms with van der Waals surface area (Å²) in [5, 5.41) is 3.23. The van der Waals surface area contributed by atoms with Crippen molar-refractivity contribution < 1.29 is 14.4 Å². The van der Waals surface area contributed by atoms with E-state index in [4.69, 9.17) is 0 Å². The standard InChI is InChI=1S/C23H27N5O3/c1-26-14-24-11-19(26)23(31)27-12-16-4-5-17(13-27)21(16)25-22(30)15-6-8-18(9-7-15)28-10-2-3-20(28)29/h6-9,11,14,16-17,21H,2-5,10,12-13H2,1H3,(H,25,30)/t16-,17+,21?. The van der Waals surface area contributed by atoms with Gasteiger partial charge < -0.3 is 19.7 Å². The Labute approximate surface area is 181 Å². The van der Waals surface area contributed by atoms with Gasteiger partial charge in [0.25, 0.3) is 11.8 Å². The van der Waals surface area contributed by atoms with Crippen molar-refractivity contribution in [3.05, 3.63) is 48.0 Å². The zero-order chi connectivity index (χ0) is 21.5. The van der Waals surface area contributed by atoms with Crippen molar-refractivity contribution in [3.8, 4) is 0 Å². The normalized spacial score (nSPS) is 25.2. The Kier molecular flexibility index (Phi) is 5.00. The van der Waals surface area contributed by atoms with Gasteiger partial charge in [-0.05, 0) is 55.4 Å². The molecule has 8 heteroatoms. The van der Waals surface area contributed by atoms with Crippen LogP contribution in [0.4, 0.5) is 5.69 Å². The van der Waals surface area contributed by atoms with Crippen molar-refractivity contribution in [2.45, 2.75) is 31.7 Å². The van der Waals surface area contributed by atoms with Gasteiger partial charge in [0.05, 0.1) is 12.5 Å². The van der Waals surface area contributed by atoms with E-state index in [1.807, 2.05) is 24.1 Å². The molecule has 2 aliphatic heterocycles. The predicted molar refractivity (Wildman–Crippen MR) is 115 cm³/mol. The number of carbonyl (C=O) groups is 3. The number of rotatable bonds is 4. The van der Waals surface area contributed by atoms with Crippen LogP contribution in [0, 0.1) is 11.8 Å². The molecule has 1 aromatic heterocycles. The summed E-state index contributed by atoms with van der Waals surface area (Å²) in [6.45, 7) is 2.05. The minimum absolute atomic E-state index is 0.00808. The summed E-state index contributed by atoms with van der Waals surface area (Å²) in [6, 6.07) is 7.37. The van der Waals surface area contributed by atoms with E-state index in [1.165, 1.54) is 0 Å². The Balaban J connectivity index is 1.23. The highest BCUT2D eigenvalue weighted by molar-refractivity contribution is 5.97. The van der Waals surface area contributed by atoms with Crippen molar-refractivity contribution in [3.63, 3.8) is 0 Å². The molecule has 3 fully saturated rings. The number of hydrogen-bond donors (Lipinski definition) is 1. The number of hydrogen-bond acceptors (Lipinski definition) is 4. The van der Waals surface area contributed by atoms with Crippen LogP contribution in [0.1, 0.15) is 46.5 Å². The van der Waals surface area contributed by atoms with E-state index >= 15 is 0 Å². The van der Waals surface area contributed by atoms with Crippen LogP contribution in [0.5, 0.6) is 0 Å². The lowest BCUT2D eigenvalue weighted by Crippen LogP contribution is -2.54. The molecule has 3 aliphatic rings. The fraction of sp³-hybridized carbons (Fsp3) is 0.478. The topological polar surface area (TPSA) is 87.5 Å². The van der Waals surface area contributed by atoms with Crippen LogP contribution < -0.4 is 10.2 Å². The highest BCUT2D eigenvalue weighted by atomic mass is 16.2. The first-order chi connectivity index (χ1) is 15.0. The number of benzene rings is 1. The van der Waals surface area contributed by atoms with E-state index in [2.05, 4.69) is 10.3 Å². The molecular weight excluding hydrogens is 394 g/mol. The summed E-state index contributed by atoms with van der Waals surface area (Å²) in [5.74, 6) is 0.588. The van der Waals surface area contributed by atoms with Crippen molar-refractivity contribution in [1.29, 1.82) is 0 Å². The number of carbonyl (C=O) groups excluding carboxylic acids is 3. The van der Waals surface area contributed by atoms with Gasteiger partial charge in [0.2, 0.25) is 5.91 Å². The molecule has 1 saturated carbocycles. The van der Waals surface area contributed by atoms with Gasteiger partial charge in [-0.2, -0.15) is 0 Å². The Morgan fingerprint density at radius 3 is 2.39 bits per heavy atom. The molecule has 3 amide bonds. The van der Waals surface area contributed by atoms with Gasteiger partial charge >= 0.3 is 0 Å². The van der Waals surface area contributed by atoms with E-state index in [9.17, 15) is 14.4 Å². The van der Waals surface area contributed by atoms with E-state index in [0.29, 0.717) is 30.8 Å². The molecule has 3 atom stereocenters. The number of aryl methyl sites for hydroxylation is 1. The lowest BCUT2D eigenvalue weighted by Gasteiger charge is -2.38. The molecule has 31 heavy (non-hydrogen) atoms. The zero-order valence-electron chi connectivity index (χ0n) is 17.7. The SMILES string of the molecule is Cn1cncc1C(=O)N1C[C@H]2CC[C@@H](C1)C2NC(=O)c1ccc(N2CCCC2=O)cc1. The van der Waals surface area contributed by atoms with Gasteiger partial charge in [-0.1, -0.05) is 0 Å². The van der Waals surface area contributed by atoms with Crippen molar-refractivity contribution in [1.82, 2.24) is 19.8 Å². The molecule has 2 bridgehead atoms. The molecule has 8 nitrogen and oxygen atoms in total. The van der Waals surface area contributed by atoms with Gasteiger partial charge in [-0.3, -0.25) is 14.4 Å². The van der Waals surface area contributed by atoms with Crippen LogP contribution in [-0.4, -0.2) is 57.8 Å². The second kappa shape index (κ2) is 7.83. The van der Waals surface area contributed by atoms with E-state index < -0.39 is 0 Å². The molecule has 0 spiro atoms. The predicted octanol–water partition coefficient (Wildman–Crippen LogP) is 1.83. The van der Waals surface area contributed by atoms with E-state index in [0.717, 1.165) is 31.5 Å². The number of anilines is 1. The largest absolute Gasteiger partial charge is 0.349 e. The number of likely N-dealkylation sites (tertiary alicyclic amines) is 1. The highest BCUT2D eigenvalue weighted by Gasteiger charge is 2.44. The van der Waals surface area contributed by atoms with E-state index in [-0.39, 0.29) is 35.6 Å². The molecule has 2 saturated heterocycles. The third-order valence-electron chi connectivity index (χ3n) is 6.97. The Morgan fingerprint density at radius 1 is 1.10 bits per heavy atom. The van der Waals surface area contributed by atoms with Gasteiger partial charge in [0.15, 0.2) is 0 Å². The molecule has 3 heterocycles. The number of amides is 3. The third kappa shape index (κ3) is 3.60. The minimum atomic E-state index is -0.0902. The fourth-order valence-electron chi connectivity index (χ4n) is 5.30. The lowest BCUT2D eigenvalue weighted by atomic mass is 9.91. The van der Waals surface area contributed by atoms with Crippen LogP contribution >= 0.6 is 0 Å². The van der Waals surface area contributed by atoms with Gasteiger partial charge in [0.1, 0.15) is 5.69 Å². The zero-order valence-corrected chi connectivity index (χ0v) is 17.7. The first kappa shape index (κ1) is 19.8. The number of imidazole rings is 1. The average molecular weight is 422 g/mol. The molecule has 162 valence electrons. The van der Waals surface area contributed by atoms with Crippen LogP contribution in [0.25, 0.3) is 0 Å². The van der Waals surface area contributed by atoms with Crippen LogP contribution in [0.3, 0.4) is 0 Å². The number of fused-ring (bicyclic) bond motifs is 2. The maximum Gasteiger partial charge on any atom is 0.272 e. The Hall–Kier alpha value is -3.16. The Morgan fingerprint density at radius 2 is 1.81 bits per heavy atom. The summed E-state index contributed by atoms with van der Waals surface area (Å²) in [4.78, 5) is 45.4. The van der Waals surface area contributed by atoms with Crippen LogP contribution in [0.2, 0.25) is 0 Å². The van der Waals surface area contributed by atoms with Crippen LogP contribution in [0.15, 0.2) is 36.8 Å². The molecule has 1 unspecified atom stereocenters. The quantitative estimate of drug-likeness (QED) is 0.816. The van der Waals surface area contributed by atoms with Gasteiger partial charge in [0, 0.05) is 50.4 Å². The first-order valence-electron chi connectivity index (χ1n) is 11.0. The summed E-state index contributed by atoms with van der Waals surface area (Å²) in [7, 11) is 1.83. The van der Waals surface area contributed by atoms with Gasteiger partial charge in [-0.25, -0.2) is 4.98 Å². The van der Waals surface area contributed by atoms with Crippen LogP contribution in [-0.2, 0) is 11.8 Å². The maximum atomic E-state index is 12.9. The average Bonchev–Trinajstić information content (AvgIpc) is 3.45. The second-order valence-corrected chi connectivity index (χ2v) is 8.89. The molecule has 1 aliphatic carbocycles. The lowest BCUT2D eigenvalue weighted by molar-refractivity contribution is -0.117. The molecule has 1 N–H and O–H groups in total.